The van der Waals surface area contributed by atoms with E-state index in [-0.39, 0.29) is 12.2 Å². The molecule has 0 radical (unpaired) electrons. The number of piperidine rings is 1. The van der Waals surface area contributed by atoms with Crippen LogP contribution in [-0.2, 0) is 6.54 Å². The smallest absolute Gasteiger partial charge is 0.261 e. The van der Waals surface area contributed by atoms with Crippen LogP contribution in [-0.4, -0.2) is 45.8 Å². The first-order chi connectivity index (χ1) is 17.0. The Morgan fingerprint density at radius 3 is 2.60 bits per heavy atom. The molecule has 1 saturated heterocycles. The zero-order valence-corrected chi connectivity index (χ0v) is 20.7. The third-order valence-corrected chi connectivity index (χ3v) is 7.23. The number of fused-ring (bicyclic) bond motifs is 1. The fourth-order valence-corrected chi connectivity index (χ4v) is 5.27. The van der Waals surface area contributed by atoms with E-state index >= 15 is 0 Å². The first-order valence-electron chi connectivity index (χ1n) is 12.2. The number of hydrogen-bond donors (Lipinski definition) is 1. The Labute approximate surface area is 210 Å². The van der Waals surface area contributed by atoms with Gasteiger partial charge in [0.25, 0.3) is 5.56 Å². The van der Waals surface area contributed by atoms with Crippen molar-refractivity contribution in [3.63, 3.8) is 0 Å². The molecule has 5 nitrogen and oxygen atoms in total. The number of aromatic nitrogens is 2. The molecular formula is C29H30ClN3O2. The molecule has 3 aromatic carbocycles. The number of likely N-dealkylation sites (tertiary alicyclic amines) is 1. The molecule has 1 aromatic heterocycles. The van der Waals surface area contributed by atoms with Gasteiger partial charge in [0.1, 0.15) is 5.82 Å². The summed E-state index contributed by atoms with van der Waals surface area (Å²) in [6, 6.07) is 21.7. The lowest BCUT2D eigenvalue weighted by Gasteiger charge is -2.33. The summed E-state index contributed by atoms with van der Waals surface area (Å²) >= 11 is 6.07. The number of β-amino-alcohol motifs (C(OH)–C–C–N with tert-alkyl or cyclic N) is 1. The van der Waals surface area contributed by atoms with E-state index in [1.54, 1.807) is 0 Å². The van der Waals surface area contributed by atoms with Crippen LogP contribution in [0.3, 0.4) is 0 Å². The summed E-state index contributed by atoms with van der Waals surface area (Å²) in [5.41, 5.74) is 4.75. The van der Waals surface area contributed by atoms with Gasteiger partial charge in [0, 0.05) is 30.2 Å². The van der Waals surface area contributed by atoms with Crippen LogP contribution in [0.2, 0.25) is 5.02 Å². The summed E-state index contributed by atoms with van der Waals surface area (Å²) in [5, 5.41) is 10.7. The van der Waals surface area contributed by atoms with Crippen LogP contribution < -0.4 is 5.56 Å². The van der Waals surface area contributed by atoms with Gasteiger partial charge in [-0.05, 0) is 73.2 Å². The van der Waals surface area contributed by atoms with Crippen molar-refractivity contribution in [3.05, 3.63) is 87.7 Å². The maximum Gasteiger partial charge on any atom is 0.261 e. The Kier molecular flexibility index (Phi) is 7.00. The van der Waals surface area contributed by atoms with Crippen molar-refractivity contribution < 1.29 is 5.11 Å². The van der Waals surface area contributed by atoms with Crippen LogP contribution in [0.5, 0.6) is 0 Å². The molecule has 180 valence electrons. The van der Waals surface area contributed by atoms with Crippen molar-refractivity contribution in [1.29, 1.82) is 0 Å². The van der Waals surface area contributed by atoms with Gasteiger partial charge in [-0.1, -0.05) is 54.1 Å². The fourth-order valence-electron chi connectivity index (χ4n) is 5.14. The molecule has 2 heterocycles. The summed E-state index contributed by atoms with van der Waals surface area (Å²) in [7, 11) is 0. The van der Waals surface area contributed by atoms with Gasteiger partial charge in [0.2, 0.25) is 0 Å². The van der Waals surface area contributed by atoms with Crippen LogP contribution in [0.1, 0.15) is 18.4 Å². The van der Waals surface area contributed by atoms with Crippen molar-refractivity contribution in [1.82, 2.24) is 14.5 Å². The van der Waals surface area contributed by atoms with E-state index in [9.17, 15) is 9.90 Å². The second-order valence-corrected chi connectivity index (χ2v) is 9.87. The number of benzene rings is 3. The molecule has 0 spiro atoms. The first kappa shape index (κ1) is 23.7. The summed E-state index contributed by atoms with van der Waals surface area (Å²) in [5.74, 6) is 1.05. The molecule has 1 atom stereocenters. The molecule has 6 heteroatoms. The molecular weight excluding hydrogens is 458 g/mol. The highest BCUT2D eigenvalue weighted by molar-refractivity contribution is 6.30. The van der Waals surface area contributed by atoms with Gasteiger partial charge in [0.15, 0.2) is 0 Å². The zero-order chi connectivity index (χ0) is 24.4. The Bertz CT molecular complexity index is 1400. The van der Waals surface area contributed by atoms with E-state index in [0.717, 1.165) is 54.0 Å². The number of hydrogen-bond acceptors (Lipinski definition) is 4. The molecule has 0 bridgehead atoms. The molecule has 1 N–H and O–H groups in total. The molecule has 1 aliphatic rings. The maximum atomic E-state index is 14.0. The SMILES string of the molecule is Cc1ccccc1-c1nc2ccc(-c3ccc(Cl)cc3)cc2c(=O)n1CC1CCCN(CCO)C1. The number of nitrogens with zero attached hydrogens (tertiary/aromatic N) is 3. The minimum absolute atomic E-state index is 0.0108. The van der Waals surface area contributed by atoms with E-state index in [0.29, 0.717) is 34.9 Å². The van der Waals surface area contributed by atoms with Gasteiger partial charge in [-0.3, -0.25) is 9.36 Å². The number of halogens is 1. The van der Waals surface area contributed by atoms with Crippen molar-refractivity contribution >= 4 is 22.5 Å². The van der Waals surface area contributed by atoms with Gasteiger partial charge in [-0.2, -0.15) is 0 Å². The Hall–Kier alpha value is -2.99. The fraction of sp³-hybridized carbons (Fsp3) is 0.310. The van der Waals surface area contributed by atoms with Gasteiger partial charge < -0.3 is 10.0 Å². The highest BCUT2D eigenvalue weighted by Gasteiger charge is 2.23. The van der Waals surface area contributed by atoms with Crippen LogP contribution in [0, 0.1) is 12.8 Å². The zero-order valence-electron chi connectivity index (χ0n) is 20.0. The van der Waals surface area contributed by atoms with Crippen molar-refractivity contribution in [3.8, 4) is 22.5 Å². The number of aryl methyl sites for hydroxylation is 1. The van der Waals surface area contributed by atoms with E-state index in [1.165, 1.54) is 0 Å². The number of rotatable bonds is 6. The van der Waals surface area contributed by atoms with Gasteiger partial charge >= 0.3 is 0 Å². The highest BCUT2D eigenvalue weighted by Crippen LogP contribution is 2.28. The molecule has 1 unspecified atom stereocenters. The molecule has 1 fully saturated rings. The van der Waals surface area contributed by atoms with Crippen molar-refractivity contribution in [2.75, 3.05) is 26.2 Å². The lowest BCUT2D eigenvalue weighted by atomic mass is 9.97. The van der Waals surface area contributed by atoms with Crippen LogP contribution in [0.25, 0.3) is 33.4 Å². The summed E-state index contributed by atoms with van der Waals surface area (Å²) in [6.45, 7) is 5.38. The third-order valence-electron chi connectivity index (χ3n) is 6.98. The predicted molar refractivity (Wildman–Crippen MR) is 143 cm³/mol. The van der Waals surface area contributed by atoms with E-state index in [2.05, 4.69) is 17.9 Å². The average Bonchev–Trinajstić information content (AvgIpc) is 2.87. The van der Waals surface area contributed by atoms with E-state index < -0.39 is 0 Å². The number of aliphatic hydroxyl groups excluding tert-OH is 1. The Balaban J connectivity index is 1.63. The summed E-state index contributed by atoms with van der Waals surface area (Å²) in [6.07, 6.45) is 2.13. The first-order valence-corrected chi connectivity index (χ1v) is 12.6. The minimum Gasteiger partial charge on any atom is -0.395 e. The molecule has 0 amide bonds. The largest absolute Gasteiger partial charge is 0.395 e. The van der Waals surface area contributed by atoms with E-state index in [4.69, 9.17) is 16.6 Å². The predicted octanol–water partition coefficient (Wildman–Crippen LogP) is 5.40. The van der Waals surface area contributed by atoms with Crippen molar-refractivity contribution in [2.24, 2.45) is 5.92 Å². The Morgan fingerprint density at radius 2 is 1.83 bits per heavy atom. The quantitative estimate of drug-likeness (QED) is 0.396. The molecule has 0 saturated carbocycles. The van der Waals surface area contributed by atoms with E-state index in [1.807, 2.05) is 65.2 Å². The van der Waals surface area contributed by atoms with Crippen molar-refractivity contribution in [2.45, 2.75) is 26.3 Å². The average molecular weight is 488 g/mol. The highest BCUT2D eigenvalue weighted by atomic mass is 35.5. The summed E-state index contributed by atoms with van der Waals surface area (Å²) in [4.78, 5) is 21.3. The van der Waals surface area contributed by atoms with Gasteiger partial charge in [-0.25, -0.2) is 4.98 Å². The minimum atomic E-state index is -0.0108. The normalized spacial score (nSPS) is 16.6. The van der Waals surface area contributed by atoms with Crippen LogP contribution in [0.15, 0.2) is 71.5 Å². The summed E-state index contributed by atoms with van der Waals surface area (Å²) < 4.78 is 1.88. The topological polar surface area (TPSA) is 58.4 Å². The Morgan fingerprint density at radius 1 is 1.06 bits per heavy atom. The maximum absolute atomic E-state index is 14.0. The molecule has 5 rings (SSSR count). The van der Waals surface area contributed by atoms with Gasteiger partial charge in [-0.15, -0.1) is 0 Å². The monoisotopic (exact) mass is 487 g/mol. The lowest BCUT2D eigenvalue weighted by Crippen LogP contribution is -2.40. The number of aliphatic hydroxyl groups is 1. The second kappa shape index (κ2) is 10.3. The van der Waals surface area contributed by atoms with Crippen LogP contribution >= 0.6 is 11.6 Å². The van der Waals surface area contributed by atoms with Gasteiger partial charge in [0.05, 0.1) is 17.5 Å². The standard InChI is InChI=1S/C29H30ClN3O2/c1-20-5-2-3-7-25(20)28-31-27-13-10-23(22-8-11-24(30)12-9-22)17-26(27)29(35)33(28)19-21-6-4-14-32(18-21)15-16-34/h2-3,5,7-13,17,21,34H,4,6,14-16,18-19H2,1H3. The molecule has 0 aliphatic carbocycles. The molecule has 1 aliphatic heterocycles. The molecule has 4 aromatic rings. The second-order valence-electron chi connectivity index (χ2n) is 9.44. The third kappa shape index (κ3) is 5.03. The lowest BCUT2D eigenvalue weighted by molar-refractivity contribution is 0.132. The molecule has 35 heavy (non-hydrogen) atoms. The van der Waals surface area contributed by atoms with Crippen LogP contribution in [0.4, 0.5) is 0 Å².